The minimum atomic E-state index is -0.516. The van der Waals surface area contributed by atoms with Gasteiger partial charge in [-0.25, -0.2) is 4.39 Å². The Hall–Kier alpha value is -4.01. The highest BCUT2D eigenvalue weighted by Gasteiger charge is 2.28. The Morgan fingerprint density at radius 2 is 1.82 bits per heavy atom. The summed E-state index contributed by atoms with van der Waals surface area (Å²) in [5.74, 6) is -1.77. The summed E-state index contributed by atoms with van der Waals surface area (Å²) in [4.78, 5) is 39.2. The highest BCUT2D eigenvalue weighted by atomic mass is 19.1. The molecule has 3 N–H and O–H groups in total. The van der Waals surface area contributed by atoms with Gasteiger partial charge in [-0.1, -0.05) is 42.5 Å². The average molecular weight is 449 g/mol. The number of nitrogens with zero attached hydrogens (tertiary/aromatic N) is 2. The number of rotatable bonds is 5. The van der Waals surface area contributed by atoms with E-state index >= 15 is 0 Å². The third-order valence-electron chi connectivity index (χ3n) is 5.60. The van der Waals surface area contributed by atoms with E-state index in [1.54, 1.807) is 23.1 Å². The fourth-order valence-corrected chi connectivity index (χ4v) is 3.79. The van der Waals surface area contributed by atoms with Crippen LogP contribution < -0.4 is 10.9 Å². The van der Waals surface area contributed by atoms with Crippen LogP contribution in [0.5, 0.6) is 0 Å². The maximum atomic E-state index is 13.1. The van der Waals surface area contributed by atoms with Gasteiger partial charge in [0.2, 0.25) is 11.8 Å². The van der Waals surface area contributed by atoms with Crippen molar-refractivity contribution in [2.45, 2.75) is 19.3 Å². The van der Waals surface area contributed by atoms with Crippen molar-refractivity contribution in [2.24, 2.45) is 5.92 Å². The molecule has 1 aliphatic rings. The number of piperidine rings is 1. The van der Waals surface area contributed by atoms with Crippen LogP contribution >= 0.6 is 0 Å². The molecule has 3 amide bonds. The first-order chi connectivity index (χ1) is 16.0. The van der Waals surface area contributed by atoms with Crippen LogP contribution in [0.4, 0.5) is 4.39 Å². The Bertz CT molecular complexity index is 1130. The first-order valence-corrected chi connectivity index (χ1v) is 10.7. The first kappa shape index (κ1) is 22.2. The number of likely N-dealkylation sites (tertiary alicyclic amines) is 1. The fraction of sp³-hybridized carbons (Fsp3) is 0.250. The van der Waals surface area contributed by atoms with Crippen LogP contribution in [-0.2, 0) is 16.0 Å². The average Bonchev–Trinajstić information content (AvgIpc) is 3.35. The van der Waals surface area contributed by atoms with E-state index in [0.717, 1.165) is 11.1 Å². The molecule has 2 aromatic carbocycles. The molecule has 1 aromatic heterocycles. The number of nitrogens with one attached hydrogen (secondary N) is 3. The molecule has 1 saturated heterocycles. The van der Waals surface area contributed by atoms with Gasteiger partial charge in [0.25, 0.3) is 5.91 Å². The lowest BCUT2D eigenvalue weighted by molar-refractivity contribution is -0.135. The standard InChI is InChI=1S/C24H24FN5O3/c25-19-10-8-16(9-11-19)13-22(31)30-12-4-7-18(15-30)23(32)28-29-24(33)21-14-20(26-27-21)17-5-2-1-3-6-17/h1-3,5-6,8-11,14,18H,4,7,12-13,15H2,(H,26,27)(H,28,32)(H,29,33). The predicted molar refractivity (Wildman–Crippen MR) is 119 cm³/mol. The van der Waals surface area contributed by atoms with Gasteiger partial charge < -0.3 is 4.90 Å². The van der Waals surface area contributed by atoms with Gasteiger partial charge in [0.05, 0.1) is 18.0 Å². The topological polar surface area (TPSA) is 107 Å². The minimum Gasteiger partial charge on any atom is -0.342 e. The molecule has 2 heterocycles. The van der Waals surface area contributed by atoms with Crippen molar-refractivity contribution in [3.05, 3.63) is 77.7 Å². The summed E-state index contributed by atoms with van der Waals surface area (Å²) in [6, 6.07) is 16.8. The van der Waals surface area contributed by atoms with Crippen LogP contribution in [0.2, 0.25) is 0 Å². The maximum absolute atomic E-state index is 13.1. The lowest BCUT2D eigenvalue weighted by Crippen LogP contribution is -2.50. The Balaban J connectivity index is 1.28. The summed E-state index contributed by atoms with van der Waals surface area (Å²) in [5.41, 5.74) is 7.27. The second-order valence-corrected chi connectivity index (χ2v) is 7.96. The Morgan fingerprint density at radius 3 is 2.58 bits per heavy atom. The number of aromatic amines is 1. The molecule has 1 atom stereocenters. The van der Waals surface area contributed by atoms with Crippen LogP contribution in [0.15, 0.2) is 60.7 Å². The fourth-order valence-electron chi connectivity index (χ4n) is 3.79. The molecule has 1 unspecified atom stereocenters. The van der Waals surface area contributed by atoms with Crippen molar-refractivity contribution in [3.63, 3.8) is 0 Å². The molecule has 0 radical (unpaired) electrons. The van der Waals surface area contributed by atoms with Crippen molar-refractivity contribution in [1.82, 2.24) is 25.9 Å². The molecule has 170 valence electrons. The van der Waals surface area contributed by atoms with E-state index in [1.165, 1.54) is 12.1 Å². The number of H-pyrrole nitrogens is 1. The van der Waals surface area contributed by atoms with E-state index in [0.29, 0.717) is 25.1 Å². The van der Waals surface area contributed by atoms with Gasteiger partial charge in [0, 0.05) is 18.7 Å². The molecular weight excluding hydrogens is 425 g/mol. The third kappa shape index (κ3) is 5.62. The molecule has 3 aromatic rings. The predicted octanol–water partition coefficient (Wildman–Crippen LogP) is 2.46. The number of hydrogen-bond acceptors (Lipinski definition) is 4. The molecule has 33 heavy (non-hydrogen) atoms. The summed E-state index contributed by atoms with van der Waals surface area (Å²) in [7, 11) is 0. The summed E-state index contributed by atoms with van der Waals surface area (Å²) >= 11 is 0. The number of halogens is 1. The maximum Gasteiger partial charge on any atom is 0.287 e. The number of amides is 3. The first-order valence-electron chi connectivity index (χ1n) is 10.7. The number of hydrazine groups is 1. The van der Waals surface area contributed by atoms with Crippen molar-refractivity contribution >= 4 is 17.7 Å². The smallest absolute Gasteiger partial charge is 0.287 e. The molecule has 0 spiro atoms. The second-order valence-electron chi connectivity index (χ2n) is 7.96. The molecular formula is C24H24FN5O3. The highest BCUT2D eigenvalue weighted by Crippen LogP contribution is 2.19. The van der Waals surface area contributed by atoms with Crippen LogP contribution in [0.3, 0.4) is 0 Å². The monoisotopic (exact) mass is 449 g/mol. The van der Waals surface area contributed by atoms with Crippen molar-refractivity contribution < 1.29 is 18.8 Å². The molecule has 8 nitrogen and oxygen atoms in total. The van der Waals surface area contributed by atoms with Gasteiger partial charge >= 0.3 is 0 Å². The largest absolute Gasteiger partial charge is 0.342 e. The van der Waals surface area contributed by atoms with Crippen molar-refractivity contribution in [1.29, 1.82) is 0 Å². The highest BCUT2D eigenvalue weighted by molar-refractivity contribution is 5.95. The molecule has 0 saturated carbocycles. The second kappa shape index (κ2) is 10.1. The van der Waals surface area contributed by atoms with Gasteiger partial charge in [-0.15, -0.1) is 0 Å². The van der Waals surface area contributed by atoms with E-state index < -0.39 is 11.8 Å². The number of carbonyl (C=O) groups is 3. The van der Waals surface area contributed by atoms with Crippen LogP contribution in [-0.4, -0.2) is 45.9 Å². The molecule has 1 fully saturated rings. The SMILES string of the molecule is O=C(NNC(=O)C1CCCN(C(=O)Cc2ccc(F)cc2)C1)c1cc(-c2ccccc2)n[nH]1. The minimum absolute atomic E-state index is 0.117. The molecule has 1 aliphatic heterocycles. The van der Waals surface area contributed by atoms with E-state index in [4.69, 9.17) is 0 Å². The van der Waals surface area contributed by atoms with E-state index in [9.17, 15) is 18.8 Å². The van der Waals surface area contributed by atoms with Gasteiger partial charge in [0.15, 0.2) is 0 Å². The normalized spacial score (nSPS) is 15.7. The lowest BCUT2D eigenvalue weighted by atomic mass is 9.97. The Kier molecular flexibility index (Phi) is 6.77. The summed E-state index contributed by atoms with van der Waals surface area (Å²) < 4.78 is 13.1. The Labute approximate surface area is 190 Å². The van der Waals surface area contributed by atoms with Crippen molar-refractivity contribution in [3.8, 4) is 11.3 Å². The lowest BCUT2D eigenvalue weighted by Gasteiger charge is -2.32. The summed E-state index contributed by atoms with van der Waals surface area (Å²) in [5, 5.41) is 6.80. The van der Waals surface area contributed by atoms with E-state index in [-0.39, 0.29) is 36.3 Å². The molecule has 0 bridgehead atoms. The number of hydrogen-bond donors (Lipinski definition) is 3. The number of carbonyl (C=O) groups excluding carboxylic acids is 3. The van der Waals surface area contributed by atoms with Gasteiger partial charge in [-0.3, -0.25) is 30.3 Å². The zero-order valence-corrected chi connectivity index (χ0v) is 17.9. The molecule has 0 aliphatic carbocycles. The van der Waals surface area contributed by atoms with Crippen LogP contribution in [0.25, 0.3) is 11.3 Å². The van der Waals surface area contributed by atoms with Gasteiger partial charge in [-0.2, -0.15) is 5.10 Å². The zero-order valence-electron chi connectivity index (χ0n) is 17.9. The number of aromatic nitrogens is 2. The molecule has 4 rings (SSSR count). The van der Waals surface area contributed by atoms with E-state index in [1.807, 2.05) is 30.3 Å². The molecule has 9 heteroatoms. The van der Waals surface area contributed by atoms with Crippen molar-refractivity contribution in [2.75, 3.05) is 13.1 Å². The quantitative estimate of drug-likeness (QED) is 0.520. The van der Waals surface area contributed by atoms with Crippen LogP contribution in [0, 0.1) is 11.7 Å². The Morgan fingerprint density at radius 1 is 1.06 bits per heavy atom. The summed E-state index contributed by atoms with van der Waals surface area (Å²) in [6.45, 7) is 0.830. The van der Waals surface area contributed by atoms with Crippen LogP contribution in [0.1, 0.15) is 28.9 Å². The zero-order chi connectivity index (χ0) is 23.2. The van der Waals surface area contributed by atoms with E-state index in [2.05, 4.69) is 21.0 Å². The third-order valence-corrected chi connectivity index (χ3v) is 5.60. The summed E-state index contributed by atoms with van der Waals surface area (Å²) in [6.07, 6.45) is 1.45. The van der Waals surface area contributed by atoms with Gasteiger partial charge in [0.1, 0.15) is 11.5 Å². The number of benzene rings is 2. The van der Waals surface area contributed by atoms with Gasteiger partial charge in [-0.05, 0) is 36.6 Å².